The van der Waals surface area contributed by atoms with Crippen LogP contribution in [0.1, 0.15) is 23.0 Å². The van der Waals surface area contributed by atoms with Gasteiger partial charge in [-0.05, 0) is 19.1 Å². The standard InChI is InChI=1S/C12H16N2O3S/c1-3-13-11(15)8-18-7-10-5-4-9(6-14-10)12(16)17-2/h4-6H,3,7-8H2,1-2H3,(H,13,15). The van der Waals surface area contributed by atoms with Gasteiger partial charge in [-0.15, -0.1) is 11.8 Å². The van der Waals surface area contributed by atoms with Crippen molar-refractivity contribution in [3.8, 4) is 0 Å². The molecule has 0 atom stereocenters. The van der Waals surface area contributed by atoms with Crippen molar-refractivity contribution in [2.75, 3.05) is 19.4 Å². The zero-order valence-corrected chi connectivity index (χ0v) is 11.3. The highest BCUT2D eigenvalue weighted by atomic mass is 32.2. The molecular weight excluding hydrogens is 252 g/mol. The zero-order chi connectivity index (χ0) is 13.4. The van der Waals surface area contributed by atoms with Gasteiger partial charge in [0.25, 0.3) is 0 Å². The number of rotatable bonds is 6. The molecule has 0 spiro atoms. The van der Waals surface area contributed by atoms with Gasteiger partial charge < -0.3 is 10.1 Å². The fourth-order valence-electron chi connectivity index (χ4n) is 1.24. The number of ether oxygens (including phenoxy) is 1. The number of methoxy groups -OCH3 is 1. The van der Waals surface area contributed by atoms with Gasteiger partial charge in [-0.2, -0.15) is 0 Å². The second-order valence-electron chi connectivity index (χ2n) is 3.48. The Morgan fingerprint density at radius 3 is 2.78 bits per heavy atom. The Bertz CT molecular complexity index is 406. The van der Waals surface area contributed by atoms with Gasteiger partial charge in [0.15, 0.2) is 0 Å². The van der Waals surface area contributed by atoms with Crippen LogP contribution in [0.5, 0.6) is 0 Å². The highest BCUT2D eigenvalue weighted by Gasteiger charge is 2.06. The number of pyridine rings is 1. The molecule has 0 radical (unpaired) electrons. The fourth-order valence-corrected chi connectivity index (χ4v) is 2.01. The van der Waals surface area contributed by atoms with E-state index < -0.39 is 5.97 Å². The first-order valence-electron chi connectivity index (χ1n) is 5.55. The second-order valence-corrected chi connectivity index (χ2v) is 4.46. The minimum absolute atomic E-state index is 0.0219. The minimum atomic E-state index is -0.399. The molecule has 0 saturated carbocycles. The van der Waals surface area contributed by atoms with Crippen LogP contribution in [-0.2, 0) is 15.3 Å². The molecule has 0 aromatic carbocycles. The number of nitrogens with zero attached hydrogens (tertiary/aromatic N) is 1. The lowest BCUT2D eigenvalue weighted by Crippen LogP contribution is -2.24. The van der Waals surface area contributed by atoms with Crippen LogP contribution >= 0.6 is 11.8 Å². The molecule has 1 aromatic rings. The number of carbonyl (C=O) groups is 2. The Hall–Kier alpha value is -1.56. The Kier molecular flexibility index (Phi) is 6.21. The van der Waals surface area contributed by atoms with Crippen molar-refractivity contribution >= 4 is 23.6 Å². The molecule has 0 bridgehead atoms. The lowest BCUT2D eigenvalue weighted by Gasteiger charge is -2.03. The Balaban J connectivity index is 2.40. The summed E-state index contributed by atoms with van der Waals surface area (Å²) in [6.45, 7) is 2.53. The van der Waals surface area contributed by atoms with E-state index in [0.717, 1.165) is 5.69 Å². The van der Waals surface area contributed by atoms with E-state index in [0.29, 0.717) is 23.6 Å². The molecule has 0 aliphatic heterocycles. The van der Waals surface area contributed by atoms with Crippen molar-refractivity contribution in [3.05, 3.63) is 29.6 Å². The third kappa shape index (κ3) is 4.75. The smallest absolute Gasteiger partial charge is 0.339 e. The summed E-state index contributed by atoms with van der Waals surface area (Å²) in [4.78, 5) is 26.5. The van der Waals surface area contributed by atoms with Gasteiger partial charge in [-0.3, -0.25) is 9.78 Å². The van der Waals surface area contributed by atoms with Gasteiger partial charge in [0.1, 0.15) is 0 Å². The number of nitrogens with one attached hydrogen (secondary N) is 1. The van der Waals surface area contributed by atoms with E-state index in [1.54, 1.807) is 12.1 Å². The fraction of sp³-hybridized carbons (Fsp3) is 0.417. The monoisotopic (exact) mass is 268 g/mol. The third-order valence-electron chi connectivity index (χ3n) is 2.10. The number of amides is 1. The average molecular weight is 268 g/mol. The van der Waals surface area contributed by atoms with Crippen LogP contribution in [-0.4, -0.2) is 36.3 Å². The van der Waals surface area contributed by atoms with E-state index in [1.165, 1.54) is 25.1 Å². The van der Waals surface area contributed by atoms with Crippen LogP contribution in [0.15, 0.2) is 18.3 Å². The van der Waals surface area contributed by atoms with Gasteiger partial charge in [-0.1, -0.05) is 0 Å². The number of hydrogen-bond acceptors (Lipinski definition) is 5. The Labute approximate surface area is 110 Å². The molecule has 0 unspecified atom stereocenters. The number of aromatic nitrogens is 1. The van der Waals surface area contributed by atoms with E-state index in [2.05, 4.69) is 15.0 Å². The van der Waals surface area contributed by atoms with Crippen LogP contribution in [0, 0.1) is 0 Å². The van der Waals surface area contributed by atoms with Gasteiger partial charge in [-0.25, -0.2) is 4.79 Å². The summed E-state index contributed by atoms with van der Waals surface area (Å²) < 4.78 is 4.58. The minimum Gasteiger partial charge on any atom is -0.465 e. The molecule has 5 nitrogen and oxygen atoms in total. The van der Waals surface area contributed by atoms with Crippen LogP contribution in [0.2, 0.25) is 0 Å². The van der Waals surface area contributed by atoms with Crippen molar-refractivity contribution in [1.82, 2.24) is 10.3 Å². The number of carbonyl (C=O) groups excluding carboxylic acids is 2. The van der Waals surface area contributed by atoms with E-state index in [4.69, 9.17) is 0 Å². The zero-order valence-electron chi connectivity index (χ0n) is 10.4. The molecule has 1 N–H and O–H groups in total. The first-order valence-corrected chi connectivity index (χ1v) is 6.70. The highest BCUT2D eigenvalue weighted by Crippen LogP contribution is 2.10. The SMILES string of the molecule is CCNC(=O)CSCc1ccc(C(=O)OC)cn1. The molecule has 0 aliphatic carbocycles. The van der Waals surface area contributed by atoms with Crippen LogP contribution in [0.4, 0.5) is 0 Å². The summed E-state index contributed by atoms with van der Waals surface area (Å²) in [5.74, 6) is 0.671. The van der Waals surface area contributed by atoms with Gasteiger partial charge in [0.05, 0.1) is 24.1 Å². The van der Waals surface area contributed by atoms with E-state index in [-0.39, 0.29) is 5.91 Å². The average Bonchev–Trinajstić information content (AvgIpc) is 2.39. The van der Waals surface area contributed by atoms with Crippen LogP contribution < -0.4 is 5.32 Å². The molecule has 1 amide bonds. The first-order chi connectivity index (χ1) is 8.67. The summed E-state index contributed by atoms with van der Waals surface area (Å²) in [6.07, 6.45) is 1.48. The van der Waals surface area contributed by atoms with E-state index in [9.17, 15) is 9.59 Å². The van der Waals surface area contributed by atoms with Crippen molar-refractivity contribution in [2.24, 2.45) is 0 Å². The molecule has 1 aromatic heterocycles. The maximum atomic E-state index is 11.2. The van der Waals surface area contributed by atoms with Crippen LogP contribution in [0.3, 0.4) is 0 Å². The predicted octanol–water partition coefficient (Wildman–Crippen LogP) is 1.24. The van der Waals surface area contributed by atoms with Gasteiger partial charge >= 0.3 is 5.97 Å². The predicted molar refractivity (Wildman–Crippen MR) is 70.4 cm³/mol. The lowest BCUT2D eigenvalue weighted by atomic mass is 10.2. The van der Waals surface area contributed by atoms with Crippen molar-refractivity contribution in [1.29, 1.82) is 0 Å². The molecule has 1 rings (SSSR count). The van der Waals surface area contributed by atoms with Gasteiger partial charge in [0.2, 0.25) is 5.91 Å². The van der Waals surface area contributed by atoms with Crippen molar-refractivity contribution in [2.45, 2.75) is 12.7 Å². The second kappa shape index (κ2) is 7.71. The summed E-state index contributed by atoms with van der Waals surface area (Å²) in [5, 5.41) is 2.72. The van der Waals surface area contributed by atoms with E-state index >= 15 is 0 Å². The summed E-state index contributed by atoms with van der Waals surface area (Å²) >= 11 is 1.48. The molecule has 0 aliphatic rings. The number of esters is 1. The van der Waals surface area contributed by atoms with E-state index in [1.807, 2.05) is 6.92 Å². The molecule has 0 fully saturated rings. The summed E-state index contributed by atoms with van der Waals surface area (Å²) in [7, 11) is 1.33. The Morgan fingerprint density at radius 1 is 1.44 bits per heavy atom. The molecule has 98 valence electrons. The topological polar surface area (TPSA) is 68.3 Å². The normalized spacial score (nSPS) is 9.89. The molecule has 18 heavy (non-hydrogen) atoms. The first kappa shape index (κ1) is 14.5. The van der Waals surface area contributed by atoms with Crippen LogP contribution in [0.25, 0.3) is 0 Å². The number of thioether (sulfide) groups is 1. The van der Waals surface area contributed by atoms with Gasteiger partial charge in [0, 0.05) is 18.5 Å². The largest absolute Gasteiger partial charge is 0.465 e. The quantitative estimate of drug-likeness (QED) is 0.786. The maximum Gasteiger partial charge on any atom is 0.339 e. The summed E-state index contributed by atoms with van der Waals surface area (Å²) in [5.41, 5.74) is 1.26. The molecule has 1 heterocycles. The molecule has 6 heteroatoms. The third-order valence-corrected chi connectivity index (χ3v) is 3.07. The lowest BCUT2D eigenvalue weighted by molar-refractivity contribution is -0.118. The summed E-state index contributed by atoms with van der Waals surface area (Å²) in [6, 6.07) is 3.43. The van der Waals surface area contributed by atoms with Crippen molar-refractivity contribution in [3.63, 3.8) is 0 Å². The maximum absolute atomic E-state index is 11.2. The highest BCUT2D eigenvalue weighted by molar-refractivity contribution is 7.99. The Morgan fingerprint density at radius 2 is 2.22 bits per heavy atom. The number of hydrogen-bond donors (Lipinski definition) is 1. The molecule has 0 saturated heterocycles. The van der Waals surface area contributed by atoms with Crippen molar-refractivity contribution < 1.29 is 14.3 Å². The molecular formula is C12H16N2O3S.